The fraction of sp³-hybridized carbons (Fsp3) is 0.500. The molecule has 82 valence electrons. The van der Waals surface area contributed by atoms with E-state index in [0.717, 1.165) is 6.04 Å². The Hall–Kier alpha value is -0.730. The van der Waals surface area contributed by atoms with E-state index in [1.807, 2.05) is 0 Å². The molecule has 2 saturated heterocycles. The van der Waals surface area contributed by atoms with Crippen LogP contribution in [0.4, 0.5) is 0 Å². The van der Waals surface area contributed by atoms with Gasteiger partial charge in [0, 0.05) is 18.0 Å². The number of fused-ring (bicyclic) bond motifs is 2. The summed E-state index contributed by atoms with van der Waals surface area (Å²) in [6.45, 7) is 0. The second kappa shape index (κ2) is 4.03. The highest BCUT2D eigenvalue weighted by molar-refractivity contribution is 5.85. The van der Waals surface area contributed by atoms with Crippen LogP contribution in [0, 0.1) is 0 Å². The highest BCUT2D eigenvalue weighted by Gasteiger charge is 2.39. The van der Waals surface area contributed by atoms with Crippen LogP contribution in [0.5, 0.6) is 5.75 Å². The maximum atomic E-state index is 9.22. The lowest BCUT2D eigenvalue weighted by atomic mass is 9.84. The van der Waals surface area contributed by atoms with Gasteiger partial charge in [0.1, 0.15) is 5.75 Å². The van der Waals surface area contributed by atoms with Crippen molar-refractivity contribution in [2.75, 3.05) is 0 Å². The maximum Gasteiger partial charge on any atom is 0.115 e. The molecule has 2 fully saturated rings. The van der Waals surface area contributed by atoms with Crippen molar-refractivity contribution in [3.63, 3.8) is 0 Å². The molecule has 3 heteroatoms. The zero-order valence-corrected chi connectivity index (χ0v) is 9.33. The van der Waals surface area contributed by atoms with E-state index in [1.54, 1.807) is 12.1 Å². The molecule has 2 nitrogen and oxygen atoms in total. The first-order chi connectivity index (χ1) is 6.83. The zero-order valence-electron chi connectivity index (χ0n) is 8.52. The third-order valence-corrected chi connectivity index (χ3v) is 3.62. The zero-order chi connectivity index (χ0) is 9.54. The fourth-order valence-corrected chi connectivity index (χ4v) is 2.91. The summed E-state index contributed by atoms with van der Waals surface area (Å²) in [5.74, 6) is 1.04. The molecule has 2 aliphatic heterocycles. The van der Waals surface area contributed by atoms with Gasteiger partial charge in [-0.1, -0.05) is 12.1 Å². The van der Waals surface area contributed by atoms with Crippen molar-refractivity contribution in [3.8, 4) is 5.75 Å². The molecule has 0 aliphatic carbocycles. The van der Waals surface area contributed by atoms with Gasteiger partial charge in [-0.05, 0) is 37.0 Å². The van der Waals surface area contributed by atoms with Gasteiger partial charge in [0.2, 0.25) is 0 Å². The number of rotatable bonds is 1. The number of hydrogen-bond acceptors (Lipinski definition) is 2. The van der Waals surface area contributed by atoms with Gasteiger partial charge < -0.3 is 10.4 Å². The van der Waals surface area contributed by atoms with Crippen LogP contribution in [0.3, 0.4) is 0 Å². The third-order valence-electron chi connectivity index (χ3n) is 3.62. The molecule has 0 amide bonds. The smallest absolute Gasteiger partial charge is 0.115 e. The van der Waals surface area contributed by atoms with E-state index in [9.17, 15) is 5.11 Å². The quantitative estimate of drug-likeness (QED) is 0.770. The molecule has 0 radical (unpaired) electrons. The molecule has 3 rings (SSSR count). The third kappa shape index (κ3) is 1.84. The van der Waals surface area contributed by atoms with E-state index in [2.05, 4.69) is 17.4 Å². The van der Waals surface area contributed by atoms with Gasteiger partial charge in [-0.25, -0.2) is 0 Å². The SMILES string of the molecule is Cl.Oc1ccc(C2CC3CCC2N3)cc1. The largest absolute Gasteiger partial charge is 0.508 e. The Morgan fingerprint density at radius 3 is 2.40 bits per heavy atom. The minimum absolute atomic E-state index is 0. The molecule has 2 bridgehead atoms. The van der Waals surface area contributed by atoms with Gasteiger partial charge in [-0.2, -0.15) is 0 Å². The summed E-state index contributed by atoms with van der Waals surface area (Å²) >= 11 is 0. The van der Waals surface area contributed by atoms with E-state index < -0.39 is 0 Å². The summed E-state index contributed by atoms with van der Waals surface area (Å²) in [6, 6.07) is 9.14. The molecular formula is C12H16ClNO. The van der Waals surface area contributed by atoms with Crippen LogP contribution in [0.1, 0.15) is 30.7 Å². The Morgan fingerprint density at radius 2 is 1.87 bits per heavy atom. The van der Waals surface area contributed by atoms with E-state index in [0.29, 0.717) is 17.7 Å². The molecule has 1 aromatic carbocycles. The normalized spacial score (nSPS) is 32.7. The number of nitrogens with one attached hydrogen (secondary N) is 1. The molecule has 0 saturated carbocycles. The van der Waals surface area contributed by atoms with Crippen molar-refractivity contribution in [1.29, 1.82) is 0 Å². The van der Waals surface area contributed by atoms with Crippen molar-refractivity contribution in [3.05, 3.63) is 29.8 Å². The van der Waals surface area contributed by atoms with E-state index in [4.69, 9.17) is 0 Å². The minimum Gasteiger partial charge on any atom is -0.508 e. The summed E-state index contributed by atoms with van der Waals surface area (Å²) in [7, 11) is 0. The highest BCUT2D eigenvalue weighted by atomic mass is 35.5. The van der Waals surface area contributed by atoms with Crippen molar-refractivity contribution < 1.29 is 5.11 Å². The fourth-order valence-electron chi connectivity index (χ4n) is 2.91. The molecule has 2 aliphatic rings. The van der Waals surface area contributed by atoms with Crippen molar-refractivity contribution in [1.82, 2.24) is 5.32 Å². The van der Waals surface area contributed by atoms with Crippen LogP contribution in [0.15, 0.2) is 24.3 Å². The van der Waals surface area contributed by atoms with Crippen LogP contribution < -0.4 is 5.32 Å². The van der Waals surface area contributed by atoms with Crippen molar-refractivity contribution in [2.45, 2.75) is 37.3 Å². The van der Waals surface area contributed by atoms with E-state index in [1.165, 1.54) is 24.8 Å². The van der Waals surface area contributed by atoms with Crippen LogP contribution in [-0.4, -0.2) is 17.2 Å². The molecule has 0 aromatic heterocycles. The number of phenols is 1. The number of phenolic OH excluding ortho intramolecular Hbond substituents is 1. The average molecular weight is 226 g/mol. The summed E-state index contributed by atoms with van der Waals surface area (Å²) in [5.41, 5.74) is 1.38. The topological polar surface area (TPSA) is 32.3 Å². The first kappa shape index (κ1) is 10.8. The lowest BCUT2D eigenvalue weighted by Gasteiger charge is -2.20. The predicted octanol–water partition coefficient (Wildman–Crippen LogP) is 2.42. The number of halogens is 1. The molecule has 1 aromatic rings. The second-order valence-electron chi connectivity index (χ2n) is 4.48. The van der Waals surface area contributed by atoms with Crippen LogP contribution in [0.25, 0.3) is 0 Å². The van der Waals surface area contributed by atoms with E-state index >= 15 is 0 Å². The van der Waals surface area contributed by atoms with Gasteiger partial charge in [0.05, 0.1) is 0 Å². The van der Waals surface area contributed by atoms with Gasteiger partial charge in [-0.3, -0.25) is 0 Å². The monoisotopic (exact) mass is 225 g/mol. The van der Waals surface area contributed by atoms with Gasteiger partial charge in [0.25, 0.3) is 0 Å². The van der Waals surface area contributed by atoms with Crippen LogP contribution in [0.2, 0.25) is 0 Å². The Bertz CT molecular complexity index is 338. The second-order valence-corrected chi connectivity index (χ2v) is 4.48. The Balaban J connectivity index is 0.000000853. The molecule has 15 heavy (non-hydrogen) atoms. The Labute approximate surface area is 96.1 Å². The molecule has 2 heterocycles. The minimum atomic E-state index is 0. The summed E-state index contributed by atoms with van der Waals surface area (Å²) in [6.07, 6.45) is 3.94. The first-order valence-corrected chi connectivity index (χ1v) is 5.38. The van der Waals surface area contributed by atoms with Crippen LogP contribution >= 0.6 is 12.4 Å². The summed E-state index contributed by atoms with van der Waals surface area (Å²) < 4.78 is 0. The van der Waals surface area contributed by atoms with Crippen LogP contribution in [-0.2, 0) is 0 Å². The van der Waals surface area contributed by atoms with E-state index in [-0.39, 0.29) is 12.4 Å². The average Bonchev–Trinajstić information content (AvgIpc) is 2.80. The first-order valence-electron chi connectivity index (χ1n) is 5.38. The summed E-state index contributed by atoms with van der Waals surface area (Å²) in [4.78, 5) is 0. The Kier molecular flexibility index (Phi) is 2.89. The highest BCUT2D eigenvalue weighted by Crippen LogP contribution is 2.40. The number of benzene rings is 1. The number of aromatic hydroxyl groups is 1. The number of hydrogen-bond donors (Lipinski definition) is 2. The lowest BCUT2D eigenvalue weighted by Crippen LogP contribution is -2.21. The molecule has 3 atom stereocenters. The van der Waals surface area contributed by atoms with Gasteiger partial charge in [-0.15, -0.1) is 12.4 Å². The summed E-state index contributed by atoms with van der Waals surface area (Å²) in [5, 5.41) is 12.8. The Morgan fingerprint density at radius 1 is 1.13 bits per heavy atom. The standard InChI is InChI=1S/C12H15NO.ClH/c14-10-4-1-8(2-5-10)11-7-9-3-6-12(11)13-9;/h1-2,4-5,9,11-14H,3,6-7H2;1H. The molecule has 2 N–H and O–H groups in total. The van der Waals surface area contributed by atoms with Crippen molar-refractivity contribution in [2.24, 2.45) is 0 Å². The van der Waals surface area contributed by atoms with Crippen molar-refractivity contribution >= 4 is 12.4 Å². The molecular weight excluding hydrogens is 210 g/mol. The van der Waals surface area contributed by atoms with Gasteiger partial charge >= 0.3 is 0 Å². The molecule has 0 spiro atoms. The lowest BCUT2D eigenvalue weighted by molar-refractivity contribution is 0.473. The van der Waals surface area contributed by atoms with Gasteiger partial charge in [0.15, 0.2) is 0 Å². The predicted molar refractivity (Wildman–Crippen MR) is 62.7 cm³/mol. The molecule has 3 unspecified atom stereocenters. The maximum absolute atomic E-state index is 9.22.